The maximum absolute atomic E-state index is 12.0. The molecule has 0 fully saturated rings. The van der Waals surface area contributed by atoms with E-state index in [4.69, 9.17) is 16.2 Å². The molecule has 0 spiro atoms. The van der Waals surface area contributed by atoms with Gasteiger partial charge in [0, 0.05) is 12.5 Å². The van der Waals surface area contributed by atoms with Crippen LogP contribution in [0, 0.1) is 0 Å². The Kier molecular flexibility index (Phi) is 6.08. The second-order valence-corrected chi connectivity index (χ2v) is 6.76. The molecule has 2 amide bonds. The summed E-state index contributed by atoms with van der Waals surface area (Å²) >= 11 is 0. The van der Waals surface area contributed by atoms with Crippen molar-refractivity contribution in [3.8, 4) is 11.1 Å². The van der Waals surface area contributed by atoms with Gasteiger partial charge in [-0.25, -0.2) is 4.79 Å². The summed E-state index contributed by atoms with van der Waals surface area (Å²) in [6.07, 6.45) is 1.51. The Morgan fingerprint density at radius 3 is 2.19 bits per heavy atom. The Labute approximate surface area is 158 Å². The van der Waals surface area contributed by atoms with Crippen LogP contribution in [-0.2, 0) is 9.53 Å². The largest absolute Gasteiger partial charge is 0.449 e. The number of hydrogen-bond donors (Lipinski definition) is 3. The van der Waals surface area contributed by atoms with E-state index in [0.29, 0.717) is 32.4 Å². The van der Waals surface area contributed by atoms with Crippen molar-refractivity contribution in [2.75, 3.05) is 13.2 Å². The lowest BCUT2D eigenvalue weighted by molar-refractivity contribution is -0.119. The number of ether oxygens (including phenoxy) is 1. The summed E-state index contributed by atoms with van der Waals surface area (Å²) in [4.78, 5) is 22.9. The Morgan fingerprint density at radius 1 is 1.00 bits per heavy atom. The smallest absolute Gasteiger partial charge is 0.407 e. The van der Waals surface area contributed by atoms with Crippen LogP contribution >= 0.6 is 0 Å². The minimum absolute atomic E-state index is 0.0525. The molecule has 27 heavy (non-hydrogen) atoms. The van der Waals surface area contributed by atoms with Gasteiger partial charge in [-0.1, -0.05) is 48.5 Å². The zero-order valence-electron chi connectivity index (χ0n) is 15.2. The van der Waals surface area contributed by atoms with E-state index in [2.05, 4.69) is 29.6 Å². The molecule has 142 valence electrons. The van der Waals surface area contributed by atoms with E-state index >= 15 is 0 Å². The Hall–Kier alpha value is -2.86. The van der Waals surface area contributed by atoms with E-state index in [1.165, 1.54) is 22.3 Å². The minimum Gasteiger partial charge on any atom is -0.449 e. The zero-order valence-corrected chi connectivity index (χ0v) is 15.2. The molecule has 0 aliphatic heterocycles. The van der Waals surface area contributed by atoms with Crippen molar-refractivity contribution in [2.45, 2.75) is 31.2 Å². The average Bonchev–Trinajstić information content (AvgIpc) is 3.00. The van der Waals surface area contributed by atoms with Crippen LogP contribution in [0.5, 0.6) is 0 Å². The van der Waals surface area contributed by atoms with E-state index in [1.807, 2.05) is 24.3 Å². The van der Waals surface area contributed by atoms with Crippen LogP contribution in [0.2, 0.25) is 0 Å². The molecule has 2 aromatic carbocycles. The molecule has 6 nitrogen and oxygen atoms in total. The van der Waals surface area contributed by atoms with E-state index in [0.717, 1.165) is 0 Å². The summed E-state index contributed by atoms with van der Waals surface area (Å²) in [5.74, 6) is -0.448. The van der Waals surface area contributed by atoms with E-state index < -0.39 is 18.0 Å². The highest BCUT2D eigenvalue weighted by Gasteiger charge is 2.28. The van der Waals surface area contributed by atoms with Gasteiger partial charge >= 0.3 is 6.09 Å². The molecule has 2 aromatic rings. The van der Waals surface area contributed by atoms with Crippen molar-refractivity contribution in [1.82, 2.24) is 5.32 Å². The fourth-order valence-corrected chi connectivity index (χ4v) is 3.47. The highest BCUT2D eigenvalue weighted by molar-refractivity contribution is 5.79. The Bertz CT molecular complexity index is 776. The predicted octanol–water partition coefficient (Wildman–Crippen LogP) is 2.51. The molecule has 0 saturated carbocycles. The molecule has 1 aliphatic carbocycles. The summed E-state index contributed by atoms with van der Waals surface area (Å²) < 4.78 is 5.46. The Morgan fingerprint density at radius 2 is 1.59 bits per heavy atom. The lowest BCUT2D eigenvalue weighted by atomic mass is 9.98. The highest BCUT2D eigenvalue weighted by atomic mass is 16.5. The van der Waals surface area contributed by atoms with Crippen LogP contribution in [0.1, 0.15) is 36.3 Å². The molecule has 3 rings (SSSR count). The number of amides is 2. The van der Waals surface area contributed by atoms with Crippen LogP contribution in [0.15, 0.2) is 48.5 Å². The first-order valence-corrected chi connectivity index (χ1v) is 9.21. The van der Waals surface area contributed by atoms with Gasteiger partial charge in [0.05, 0.1) is 6.04 Å². The third-order valence-electron chi connectivity index (χ3n) is 4.92. The predicted molar refractivity (Wildman–Crippen MR) is 104 cm³/mol. The number of hydrogen-bond acceptors (Lipinski definition) is 4. The number of carbonyl (C=O) groups excluding carboxylic acids is 2. The van der Waals surface area contributed by atoms with Gasteiger partial charge in [-0.3, -0.25) is 4.79 Å². The third kappa shape index (κ3) is 4.46. The summed E-state index contributed by atoms with van der Waals surface area (Å²) in [5, 5.41) is 2.74. The number of alkyl carbamates (subject to hydrolysis) is 1. The number of benzene rings is 2. The first-order valence-electron chi connectivity index (χ1n) is 9.21. The van der Waals surface area contributed by atoms with Crippen LogP contribution < -0.4 is 16.8 Å². The van der Waals surface area contributed by atoms with Crippen molar-refractivity contribution < 1.29 is 14.3 Å². The summed E-state index contributed by atoms with van der Waals surface area (Å²) in [5.41, 5.74) is 15.5. The molecule has 0 bridgehead atoms. The molecule has 6 heteroatoms. The number of rotatable bonds is 8. The van der Waals surface area contributed by atoms with Crippen LogP contribution in [-0.4, -0.2) is 31.2 Å². The van der Waals surface area contributed by atoms with Gasteiger partial charge in [-0.05, 0) is 41.5 Å². The SMILES string of the molecule is NC(=O)[C@@H](N)CCCCNC(=O)OCC1c2ccccc2-c2ccccc21. The Balaban J connectivity index is 1.48. The standard InChI is InChI=1S/C21H25N3O3/c22-19(20(23)25)11-5-6-12-24-21(26)27-13-18-16-9-3-1-7-14(16)15-8-2-4-10-17(15)18/h1-4,7-10,18-19H,5-6,11-13,22H2,(H2,23,25)(H,24,26)/t19-/m0/s1. The lowest BCUT2D eigenvalue weighted by Crippen LogP contribution is -2.36. The number of nitrogens with one attached hydrogen (secondary N) is 1. The molecule has 1 aliphatic rings. The van der Waals surface area contributed by atoms with Gasteiger partial charge in [0.15, 0.2) is 0 Å². The highest BCUT2D eigenvalue weighted by Crippen LogP contribution is 2.44. The molecular weight excluding hydrogens is 342 g/mol. The van der Waals surface area contributed by atoms with Crippen molar-refractivity contribution in [1.29, 1.82) is 0 Å². The van der Waals surface area contributed by atoms with Crippen molar-refractivity contribution in [2.24, 2.45) is 11.5 Å². The van der Waals surface area contributed by atoms with Crippen LogP contribution in [0.4, 0.5) is 4.79 Å². The molecule has 5 N–H and O–H groups in total. The molecular formula is C21H25N3O3. The van der Waals surface area contributed by atoms with Crippen molar-refractivity contribution in [3.05, 3.63) is 59.7 Å². The van der Waals surface area contributed by atoms with Gasteiger partial charge in [-0.2, -0.15) is 0 Å². The number of primary amides is 1. The van der Waals surface area contributed by atoms with Crippen LogP contribution in [0.3, 0.4) is 0 Å². The van der Waals surface area contributed by atoms with Crippen LogP contribution in [0.25, 0.3) is 11.1 Å². The minimum atomic E-state index is -0.626. The van der Waals surface area contributed by atoms with E-state index in [-0.39, 0.29) is 5.92 Å². The van der Waals surface area contributed by atoms with Crippen molar-refractivity contribution in [3.63, 3.8) is 0 Å². The van der Waals surface area contributed by atoms with Crippen molar-refractivity contribution >= 4 is 12.0 Å². The first kappa shape index (κ1) is 18.9. The van der Waals surface area contributed by atoms with Gasteiger partial charge in [0.2, 0.25) is 5.91 Å². The summed E-state index contributed by atoms with van der Waals surface area (Å²) in [7, 11) is 0. The summed E-state index contributed by atoms with van der Waals surface area (Å²) in [6.45, 7) is 0.772. The summed E-state index contributed by atoms with van der Waals surface area (Å²) in [6, 6.07) is 15.8. The first-order chi connectivity index (χ1) is 13.1. The molecule has 1 atom stereocenters. The monoisotopic (exact) mass is 367 g/mol. The molecule has 0 heterocycles. The van der Waals surface area contributed by atoms with E-state index in [1.54, 1.807) is 0 Å². The van der Waals surface area contributed by atoms with Gasteiger partial charge in [-0.15, -0.1) is 0 Å². The van der Waals surface area contributed by atoms with E-state index in [9.17, 15) is 9.59 Å². The number of nitrogens with two attached hydrogens (primary N) is 2. The maximum Gasteiger partial charge on any atom is 0.407 e. The average molecular weight is 367 g/mol. The van der Waals surface area contributed by atoms with Gasteiger partial charge in [0.25, 0.3) is 0 Å². The fourth-order valence-electron chi connectivity index (χ4n) is 3.47. The van der Waals surface area contributed by atoms with Gasteiger partial charge in [0.1, 0.15) is 6.61 Å². The number of fused-ring (bicyclic) bond motifs is 3. The fraction of sp³-hybridized carbons (Fsp3) is 0.333. The van der Waals surface area contributed by atoms with Gasteiger partial charge < -0.3 is 21.5 Å². The third-order valence-corrected chi connectivity index (χ3v) is 4.92. The second-order valence-electron chi connectivity index (χ2n) is 6.76. The molecule has 0 aromatic heterocycles. The lowest BCUT2D eigenvalue weighted by Gasteiger charge is -2.14. The zero-order chi connectivity index (χ0) is 19.2. The number of carbonyl (C=O) groups is 2. The molecule has 0 saturated heterocycles. The maximum atomic E-state index is 12.0. The molecule has 0 radical (unpaired) electrons. The topological polar surface area (TPSA) is 107 Å². The normalized spacial score (nSPS) is 13.5. The second kappa shape index (κ2) is 8.68. The quantitative estimate of drug-likeness (QED) is 0.623. The molecule has 0 unspecified atom stereocenters. The number of unbranched alkanes of at least 4 members (excludes halogenated alkanes) is 1.